The molecule has 1 aliphatic rings. The molecule has 0 aliphatic heterocycles. The summed E-state index contributed by atoms with van der Waals surface area (Å²) in [6.07, 6.45) is 2.38. The molecule has 0 bridgehead atoms. The van der Waals surface area contributed by atoms with Crippen LogP contribution in [0, 0.1) is 0 Å². The highest BCUT2D eigenvalue weighted by Crippen LogP contribution is 2.40. The fourth-order valence-corrected chi connectivity index (χ4v) is 3.36. The monoisotopic (exact) mass is 350 g/mol. The summed E-state index contributed by atoms with van der Waals surface area (Å²) in [6.45, 7) is 4.78. The van der Waals surface area contributed by atoms with Crippen molar-refractivity contribution in [2.75, 3.05) is 5.32 Å². The number of nitrogens with one attached hydrogen (secondary N) is 1. The van der Waals surface area contributed by atoms with Crippen molar-refractivity contribution in [3.63, 3.8) is 0 Å². The maximum atomic E-state index is 12.3. The molecule has 1 atom stereocenters. The molecule has 5 nitrogen and oxygen atoms in total. The predicted octanol–water partition coefficient (Wildman–Crippen LogP) is 3.95. The summed E-state index contributed by atoms with van der Waals surface area (Å²) in [4.78, 5) is 12.3. The number of benzene rings is 1. The average molecular weight is 351 g/mol. The summed E-state index contributed by atoms with van der Waals surface area (Å²) in [5, 5.41) is 12.7. The van der Waals surface area contributed by atoms with E-state index in [-0.39, 0.29) is 11.2 Å². The van der Waals surface area contributed by atoms with Crippen molar-refractivity contribution in [3.8, 4) is 0 Å². The second kappa shape index (κ2) is 6.93. The van der Waals surface area contributed by atoms with Gasteiger partial charge in [0.1, 0.15) is 5.82 Å². The van der Waals surface area contributed by atoms with Gasteiger partial charge in [-0.1, -0.05) is 23.4 Å². The summed E-state index contributed by atoms with van der Waals surface area (Å²) in [5.41, 5.74) is 0.738. The van der Waals surface area contributed by atoms with E-state index in [1.54, 1.807) is 24.3 Å². The van der Waals surface area contributed by atoms with E-state index in [1.807, 2.05) is 6.92 Å². The lowest BCUT2D eigenvalue weighted by Gasteiger charge is -2.12. The third-order valence-corrected chi connectivity index (χ3v) is 5.10. The number of nitrogens with zero attached hydrogens (tertiary/aromatic N) is 3. The first kappa shape index (κ1) is 16.3. The van der Waals surface area contributed by atoms with Gasteiger partial charge in [-0.2, -0.15) is 0 Å². The van der Waals surface area contributed by atoms with Crippen molar-refractivity contribution in [2.45, 2.75) is 49.6 Å². The average Bonchev–Trinajstić information content (AvgIpc) is 3.31. The largest absolute Gasteiger partial charge is 0.325 e. The molecule has 0 radical (unpaired) electrons. The molecule has 0 unspecified atom stereocenters. The van der Waals surface area contributed by atoms with Crippen LogP contribution in [0.1, 0.15) is 38.4 Å². The number of thioether (sulfide) groups is 1. The Labute approximate surface area is 144 Å². The second-order valence-corrected chi connectivity index (χ2v) is 7.36. The molecule has 1 fully saturated rings. The van der Waals surface area contributed by atoms with E-state index in [1.165, 1.54) is 24.6 Å². The molecule has 23 heavy (non-hydrogen) atoms. The van der Waals surface area contributed by atoms with Gasteiger partial charge in [-0.3, -0.25) is 4.79 Å². The predicted molar refractivity (Wildman–Crippen MR) is 93.1 cm³/mol. The van der Waals surface area contributed by atoms with Crippen LogP contribution in [0.15, 0.2) is 29.4 Å². The second-order valence-electron chi connectivity index (χ2n) is 5.62. The van der Waals surface area contributed by atoms with E-state index < -0.39 is 0 Å². The lowest BCUT2D eigenvalue weighted by Crippen LogP contribution is -2.23. The van der Waals surface area contributed by atoms with Crippen LogP contribution in [0.5, 0.6) is 0 Å². The summed E-state index contributed by atoms with van der Waals surface area (Å²) in [5.74, 6) is 1.55. The van der Waals surface area contributed by atoms with Crippen LogP contribution in [-0.2, 0) is 11.3 Å². The molecule has 1 aromatic heterocycles. The molecule has 1 aliphatic carbocycles. The molecule has 122 valence electrons. The fourth-order valence-electron chi connectivity index (χ4n) is 2.32. The summed E-state index contributed by atoms with van der Waals surface area (Å²) < 4.78 is 2.12. The maximum absolute atomic E-state index is 12.3. The molecule has 7 heteroatoms. The number of hydrogen-bond acceptors (Lipinski definition) is 4. The Morgan fingerprint density at radius 1 is 1.39 bits per heavy atom. The minimum Gasteiger partial charge on any atom is -0.325 e. The summed E-state index contributed by atoms with van der Waals surface area (Å²) >= 11 is 7.29. The van der Waals surface area contributed by atoms with Crippen molar-refractivity contribution in [1.82, 2.24) is 14.8 Å². The van der Waals surface area contributed by atoms with Gasteiger partial charge in [0.15, 0.2) is 5.16 Å². The molecule has 1 N–H and O–H groups in total. The van der Waals surface area contributed by atoms with Crippen molar-refractivity contribution < 1.29 is 4.79 Å². The van der Waals surface area contributed by atoms with Gasteiger partial charge in [-0.15, -0.1) is 10.2 Å². The molecule has 1 aromatic carbocycles. The lowest BCUT2D eigenvalue weighted by molar-refractivity contribution is -0.115. The zero-order valence-electron chi connectivity index (χ0n) is 13.1. The number of halogens is 1. The van der Waals surface area contributed by atoms with Gasteiger partial charge in [0.05, 0.1) is 5.25 Å². The van der Waals surface area contributed by atoms with E-state index in [4.69, 9.17) is 11.6 Å². The van der Waals surface area contributed by atoms with E-state index in [2.05, 4.69) is 27.0 Å². The molecule has 2 aromatic rings. The van der Waals surface area contributed by atoms with Gasteiger partial charge < -0.3 is 9.88 Å². The first-order valence-electron chi connectivity index (χ1n) is 7.74. The number of amides is 1. The summed E-state index contributed by atoms with van der Waals surface area (Å²) in [7, 11) is 0. The Balaban J connectivity index is 1.65. The zero-order chi connectivity index (χ0) is 16.4. The maximum Gasteiger partial charge on any atom is 0.237 e. The Morgan fingerprint density at radius 2 is 2.09 bits per heavy atom. The topological polar surface area (TPSA) is 59.8 Å². The van der Waals surface area contributed by atoms with E-state index in [0.29, 0.717) is 10.9 Å². The van der Waals surface area contributed by atoms with E-state index >= 15 is 0 Å². The highest BCUT2D eigenvalue weighted by atomic mass is 35.5. The minimum absolute atomic E-state index is 0.0593. The molecule has 0 spiro atoms. The first-order chi connectivity index (χ1) is 11.1. The zero-order valence-corrected chi connectivity index (χ0v) is 14.7. The van der Waals surface area contributed by atoms with Gasteiger partial charge in [0, 0.05) is 23.2 Å². The van der Waals surface area contributed by atoms with Crippen LogP contribution in [-0.4, -0.2) is 25.9 Å². The molecule has 3 rings (SSSR count). The number of rotatable bonds is 6. The van der Waals surface area contributed by atoms with Gasteiger partial charge in [0.2, 0.25) is 5.91 Å². The molecule has 1 saturated carbocycles. The molecular formula is C16H19ClN4OS. The highest BCUT2D eigenvalue weighted by Gasteiger charge is 2.30. The Kier molecular flexibility index (Phi) is 4.92. The van der Waals surface area contributed by atoms with Gasteiger partial charge in [-0.25, -0.2) is 0 Å². The third-order valence-electron chi connectivity index (χ3n) is 3.77. The van der Waals surface area contributed by atoms with Crippen molar-refractivity contribution in [3.05, 3.63) is 35.1 Å². The van der Waals surface area contributed by atoms with Crippen LogP contribution in [0.2, 0.25) is 5.02 Å². The van der Waals surface area contributed by atoms with Crippen molar-refractivity contribution >= 4 is 35.0 Å². The Bertz CT molecular complexity index is 697. The Morgan fingerprint density at radius 3 is 2.70 bits per heavy atom. The number of aromatic nitrogens is 3. The number of carbonyl (C=O) groups is 1. The number of hydrogen-bond donors (Lipinski definition) is 1. The van der Waals surface area contributed by atoms with Crippen LogP contribution in [0.25, 0.3) is 0 Å². The van der Waals surface area contributed by atoms with Crippen LogP contribution in [0.4, 0.5) is 5.69 Å². The minimum atomic E-state index is -0.257. The smallest absolute Gasteiger partial charge is 0.237 e. The lowest BCUT2D eigenvalue weighted by atomic mass is 10.3. The first-order valence-corrected chi connectivity index (χ1v) is 9.00. The van der Waals surface area contributed by atoms with Gasteiger partial charge >= 0.3 is 0 Å². The van der Waals surface area contributed by atoms with Crippen LogP contribution >= 0.6 is 23.4 Å². The van der Waals surface area contributed by atoms with Crippen LogP contribution in [0.3, 0.4) is 0 Å². The van der Waals surface area contributed by atoms with Crippen molar-refractivity contribution in [1.29, 1.82) is 0 Å². The quantitative estimate of drug-likeness (QED) is 0.801. The van der Waals surface area contributed by atoms with Gasteiger partial charge in [-0.05, 0) is 51.0 Å². The van der Waals surface area contributed by atoms with Crippen molar-refractivity contribution in [2.24, 2.45) is 0 Å². The number of anilines is 1. The van der Waals surface area contributed by atoms with E-state index in [9.17, 15) is 4.79 Å². The molecule has 0 saturated heterocycles. The van der Waals surface area contributed by atoms with E-state index in [0.717, 1.165) is 23.2 Å². The Hall–Kier alpha value is -1.53. The third kappa shape index (κ3) is 3.87. The number of carbonyl (C=O) groups excluding carboxylic acids is 1. The SMILES string of the molecule is CCn1c(S[C@H](C)C(=O)Nc2ccc(Cl)cc2)nnc1C1CC1. The molecule has 1 heterocycles. The molecule has 1 amide bonds. The van der Waals surface area contributed by atoms with Gasteiger partial charge in [0.25, 0.3) is 0 Å². The fraction of sp³-hybridized carbons (Fsp3) is 0.438. The molecular weight excluding hydrogens is 332 g/mol. The standard InChI is InChI=1S/C16H19ClN4OS/c1-3-21-14(11-4-5-11)19-20-16(21)23-10(2)15(22)18-13-8-6-12(17)7-9-13/h6-11H,3-5H2,1-2H3,(H,18,22)/t10-/m1/s1. The summed E-state index contributed by atoms with van der Waals surface area (Å²) in [6, 6.07) is 7.09. The highest BCUT2D eigenvalue weighted by molar-refractivity contribution is 8.00. The van der Waals surface area contributed by atoms with Crippen LogP contribution < -0.4 is 5.32 Å². The normalized spacial score (nSPS) is 15.4.